The lowest BCUT2D eigenvalue weighted by atomic mass is 10.4. The minimum Gasteiger partial charge on any atom is -0.383 e. The van der Waals surface area contributed by atoms with Gasteiger partial charge in [-0.2, -0.15) is 16.9 Å². The first-order chi connectivity index (χ1) is 6.58. The normalized spacial score (nSPS) is 18.5. The van der Waals surface area contributed by atoms with E-state index in [0.717, 1.165) is 21.6 Å². The molecule has 0 spiro atoms. The highest BCUT2D eigenvalue weighted by Gasteiger charge is 2.42. The Hall–Kier alpha value is 0.0900. The quantitative estimate of drug-likeness (QED) is 0.868. The maximum absolute atomic E-state index is 5.98. The standard InChI is InChI=1S/C9H14IN3S/c1-6-7(10)8(11)13(12-6)5-9(14-2)3-4-9/h3-5,11H2,1-2H3. The molecule has 0 amide bonds. The van der Waals surface area contributed by atoms with Gasteiger partial charge in [0.15, 0.2) is 0 Å². The average molecular weight is 323 g/mol. The fourth-order valence-corrected chi connectivity index (χ4v) is 2.69. The topological polar surface area (TPSA) is 43.8 Å². The van der Waals surface area contributed by atoms with Gasteiger partial charge in [0.1, 0.15) is 5.82 Å². The van der Waals surface area contributed by atoms with Crippen molar-refractivity contribution in [1.82, 2.24) is 9.78 Å². The van der Waals surface area contributed by atoms with Gasteiger partial charge >= 0.3 is 0 Å². The van der Waals surface area contributed by atoms with Crippen molar-refractivity contribution in [2.75, 3.05) is 12.0 Å². The summed E-state index contributed by atoms with van der Waals surface area (Å²) < 4.78 is 3.48. The second-order valence-corrected chi connectivity index (χ2v) is 6.18. The molecule has 1 aliphatic carbocycles. The maximum Gasteiger partial charge on any atom is 0.135 e. The van der Waals surface area contributed by atoms with Crippen molar-refractivity contribution in [3.8, 4) is 0 Å². The van der Waals surface area contributed by atoms with E-state index in [4.69, 9.17) is 5.73 Å². The van der Waals surface area contributed by atoms with Crippen LogP contribution in [0.15, 0.2) is 0 Å². The zero-order valence-electron chi connectivity index (χ0n) is 8.38. The highest BCUT2D eigenvalue weighted by Crippen LogP contribution is 2.48. The molecule has 5 heteroatoms. The van der Waals surface area contributed by atoms with E-state index in [2.05, 4.69) is 33.9 Å². The molecule has 0 radical (unpaired) electrons. The van der Waals surface area contributed by atoms with Crippen molar-refractivity contribution < 1.29 is 0 Å². The van der Waals surface area contributed by atoms with Crippen LogP contribution in [0, 0.1) is 10.5 Å². The van der Waals surface area contributed by atoms with Gasteiger partial charge in [0.05, 0.1) is 15.8 Å². The van der Waals surface area contributed by atoms with Crippen molar-refractivity contribution >= 4 is 40.2 Å². The molecule has 2 rings (SSSR count). The molecule has 1 aromatic heterocycles. The van der Waals surface area contributed by atoms with Crippen molar-refractivity contribution in [3.63, 3.8) is 0 Å². The van der Waals surface area contributed by atoms with Gasteiger partial charge in [0.2, 0.25) is 0 Å². The van der Waals surface area contributed by atoms with Gasteiger partial charge in [0.25, 0.3) is 0 Å². The zero-order valence-corrected chi connectivity index (χ0v) is 11.4. The first-order valence-electron chi connectivity index (χ1n) is 4.61. The number of aryl methyl sites for hydroxylation is 1. The zero-order chi connectivity index (χ0) is 10.3. The lowest BCUT2D eigenvalue weighted by Crippen LogP contribution is -2.16. The monoisotopic (exact) mass is 323 g/mol. The second-order valence-electron chi connectivity index (χ2n) is 3.83. The van der Waals surface area contributed by atoms with Gasteiger partial charge in [-0.3, -0.25) is 0 Å². The van der Waals surface area contributed by atoms with Crippen LogP contribution >= 0.6 is 34.4 Å². The molecule has 2 N–H and O–H groups in total. The molecule has 0 aromatic carbocycles. The van der Waals surface area contributed by atoms with E-state index in [1.54, 1.807) is 0 Å². The number of nitrogens with two attached hydrogens (primary N) is 1. The Bertz CT molecular complexity index is 357. The van der Waals surface area contributed by atoms with Gasteiger partial charge in [-0.25, -0.2) is 4.68 Å². The van der Waals surface area contributed by atoms with Gasteiger partial charge in [-0.05, 0) is 48.6 Å². The van der Waals surface area contributed by atoms with Gasteiger partial charge in [0, 0.05) is 4.75 Å². The molecular weight excluding hydrogens is 309 g/mol. The van der Waals surface area contributed by atoms with Gasteiger partial charge in [-0.15, -0.1) is 0 Å². The number of thioether (sulfide) groups is 1. The van der Waals surface area contributed by atoms with Crippen LogP contribution in [0.1, 0.15) is 18.5 Å². The molecular formula is C9H14IN3S. The molecule has 0 aliphatic heterocycles. The summed E-state index contributed by atoms with van der Waals surface area (Å²) in [5.41, 5.74) is 7.02. The summed E-state index contributed by atoms with van der Waals surface area (Å²) >= 11 is 4.20. The number of aromatic nitrogens is 2. The summed E-state index contributed by atoms with van der Waals surface area (Å²) in [5, 5.41) is 4.45. The number of rotatable bonds is 3. The van der Waals surface area contributed by atoms with E-state index in [-0.39, 0.29) is 0 Å². The largest absolute Gasteiger partial charge is 0.383 e. The average Bonchev–Trinajstić information content (AvgIpc) is 2.90. The fraction of sp³-hybridized carbons (Fsp3) is 0.667. The fourth-order valence-electron chi connectivity index (χ4n) is 1.54. The Morgan fingerprint density at radius 2 is 2.29 bits per heavy atom. The van der Waals surface area contributed by atoms with E-state index in [0.29, 0.717) is 4.75 Å². The first kappa shape index (κ1) is 10.6. The van der Waals surface area contributed by atoms with Crippen molar-refractivity contribution in [3.05, 3.63) is 9.26 Å². The highest BCUT2D eigenvalue weighted by molar-refractivity contribution is 14.1. The van der Waals surface area contributed by atoms with E-state index in [1.165, 1.54) is 12.8 Å². The molecule has 0 bridgehead atoms. The van der Waals surface area contributed by atoms with Crippen LogP contribution in [-0.4, -0.2) is 20.8 Å². The third-order valence-corrected chi connectivity index (χ3v) is 5.51. The highest BCUT2D eigenvalue weighted by atomic mass is 127. The van der Waals surface area contributed by atoms with Crippen LogP contribution in [0.4, 0.5) is 5.82 Å². The molecule has 1 aliphatic rings. The van der Waals surface area contributed by atoms with E-state index in [9.17, 15) is 0 Å². The van der Waals surface area contributed by atoms with Gasteiger partial charge in [-0.1, -0.05) is 0 Å². The predicted molar refractivity (Wildman–Crippen MR) is 69.6 cm³/mol. The third-order valence-electron chi connectivity index (χ3n) is 2.77. The van der Waals surface area contributed by atoms with Crippen molar-refractivity contribution in [2.45, 2.75) is 31.1 Å². The SMILES string of the molecule is CSC1(Cn2nc(C)c(I)c2N)CC1. The molecule has 14 heavy (non-hydrogen) atoms. The molecule has 0 saturated heterocycles. The summed E-state index contributed by atoms with van der Waals surface area (Å²) in [7, 11) is 0. The predicted octanol–water partition coefficient (Wildman–Crippen LogP) is 2.27. The Morgan fingerprint density at radius 3 is 2.64 bits per heavy atom. The van der Waals surface area contributed by atoms with Crippen LogP contribution in [0.3, 0.4) is 0 Å². The minimum atomic E-state index is 0.426. The lowest BCUT2D eigenvalue weighted by Gasteiger charge is -2.12. The molecule has 78 valence electrons. The summed E-state index contributed by atoms with van der Waals surface area (Å²) in [5.74, 6) is 0.823. The van der Waals surface area contributed by atoms with Crippen molar-refractivity contribution in [1.29, 1.82) is 0 Å². The van der Waals surface area contributed by atoms with E-state index >= 15 is 0 Å². The molecule has 0 atom stereocenters. The molecule has 3 nitrogen and oxygen atoms in total. The Kier molecular flexibility index (Phi) is 2.72. The minimum absolute atomic E-state index is 0.426. The molecule has 1 heterocycles. The maximum atomic E-state index is 5.98. The number of halogens is 1. The molecule has 1 saturated carbocycles. The Labute approximate surface area is 102 Å². The smallest absolute Gasteiger partial charge is 0.135 e. The Morgan fingerprint density at radius 1 is 1.64 bits per heavy atom. The number of nitrogens with zero attached hydrogens (tertiary/aromatic N) is 2. The summed E-state index contributed by atoms with van der Waals surface area (Å²) in [4.78, 5) is 0. The number of hydrogen-bond acceptors (Lipinski definition) is 3. The molecule has 1 aromatic rings. The van der Waals surface area contributed by atoms with Crippen LogP contribution in [0.5, 0.6) is 0 Å². The molecule has 1 fully saturated rings. The Balaban J connectivity index is 2.21. The van der Waals surface area contributed by atoms with Crippen LogP contribution < -0.4 is 5.73 Å². The van der Waals surface area contributed by atoms with Gasteiger partial charge < -0.3 is 5.73 Å². The van der Waals surface area contributed by atoms with E-state index in [1.807, 2.05) is 23.4 Å². The third kappa shape index (κ3) is 1.76. The first-order valence-corrected chi connectivity index (χ1v) is 6.92. The van der Waals surface area contributed by atoms with Crippen molar-refractivity contribution in [2.24, 2.45) is 0 Å². The summed E-state index contributed by atoms with van der Waals surface area (Å²) in [6.07, 6.45) is 4.76. The number of anilines is 1. The summed E-state index contributed by atoms with van der Waals surface area (Å²) in [6, 6.07) is 0. The van der Waals surface area contributed by atoms with Crippen LogP contribution in [0.25, 0.3) is 0 Å². The van der Waals surface area contributed by atoms with Crippen LogP contribution in [0.2, 0.25) is 0 Å². The lowest BCUT2D eigenvalue weighted by molar-refractivity contribution is 0.593. The van der Waals surface area contributed by atoms with Crippen LogP contribution in [-0.2, 0) is 6.54 Å². The summed E-state index contributed by atoms with van der Waals surface area (Å²) in [6.45, 7) is 2.97. The molecule has 0 unspecified atom stereocenters. The number of nitrogen functional groups attached to an aromatic ring is 1. The number of hydrogen-bond donors (Lipinski definition) is 1. The second kappa shape index (κ2) is 3.59. The van der Waals surface area contributed by atoms with E-state index < -0.39 is 0 Å².